The van der Waals surface area contributed by atoms with Gasteiger partial charge in [0.2, 0.25) is 5.95 Å². The summed E-state index contributed by atoms with van der Waals surface area (Å²) < 4.78 is 16.2. The number of ketones is 1. The predicted molar refractivity (Wildman–Crippen MR) is 150 cm³/mol. The van der Waals surface area contributed by atoms with Gasteiger partial charge in [0.05, 0.1) is 35.0 Å². The molecule has 0 bridgehead atoms. The molecule has 3 heterocycles. The number of anilines is 1. The molecule has 10 heteroatoms. The largest absolute Gasteiger partial charge is 0.424 e. The average molecular weight is 541 g/mol. The smallest absolute Gasteiger partial charge is 0.294 e. The third-order valence-corrected chi connectivity index (χ3v) is 7.52. The minimum atomic E-state index is -0.549. The molecule has 0 spiro atoms. The molecule has 6 rings (SSSR count). The zero-order valence-corrected chi connectivity index (χ0v) is 22.0. The van der Waals surface area contributed by atoms with Crippen LogP contribution in [0.5, 0.6) is 0 Å². The summed E-state index contributed by atoms with van der Waals surface area (Å²) in [7, 11) is 0. The maximum absolute atomic E-state index is 13.4. The minimum Gasteiger partial charge on any atom is -0.424 e. The lowest BCUT2D eigenvalue weighted by molar-refractivity contribution is 0.101. The lowest BCUT2D eigenvalue weighted by atomic mass is 10.1. The fourth-order valence-electron chi connectivity index (χ4n) is 5.28. The first-order valence-corrected chi connectivity index (χ1v) is 13.3. The topological polar surface area (TPSA) is 105 Å². The normalized spacial score (nSPS) is 14.7. The second kappa shape index (κ2) is 10.5. The molecule has 2 aromatic heterocycles. The Morgan fingerprint density at radius 1 is 1.00 bits per heavy atom. The van der Waals surface area contributed by atoms with Crippen molar-refractivity contribution in [2.45, 2.75) is 38.9 Å². The first-order chi connectivity index (χ1) is 19.4. The number of likely N-dealkylation sites (tertiary alicyclic amines) is 1. The van der Waals surface area contributed by atoms with Crippen molar-refractivity contribution in [1.82, 2.24) is 24.2 Å². The van der Waals surface area contributed by atoms with Crippen LogP contribution < -0.4 is 10.9 Å². The van der Waals surface area contributed by atoms with Crippen LogP contribution in [0, 0.1) is 5.82 Å². The van der Waals surface area contributed by atoms with Crippen molar-refractivity contribution in [3.8, 4) is 0 Å². The van der Waals surface area contributed by atoms with Gasteiger partial charge in [0, 0.05) is 24.7 Å². The number of rotatable bonds is 7. The Labute approximate surface area is 229 Å². The van der Waals surface area contributed by atoms with Crippen LogP contribution in [0.4, 0.5) is 10.3 Å². The van der Waals surface area contributed by atoms with Crippen molar-refractivity contribution in [1.29, 1.82) is 0 Å². The van der Waals surface area contributed by atoms with Crippen LogP contribution in [0.3, 0.4) is 0 Å². The van der Waals surface area contributed by atoms with E-state index in [1.807, 2.05) is 24.3 Å². The van der Waals surface area contributed by atoms with Crippen LogP contribution in [0.25, 0.3) is 21.9 Å². The van der Waals surface area contributed by atoms with Gasteiger partial charge in [-0.2, -0.15) is 0 Å². The van der Waals surface area contributed by atoms with E-state index in [-0.39, 0.29) is 28.9 Å². The summed E-state index contributed by atoms with van der Waals surface area (Å²) in [5.41, 5.74) is 3.19. The maximum atomic E-state index is 13.4. The average Bonchev–Trinajstić information content (AvgIpc) is 3.30. The zero-order valence-electron chi connectivity index (χ0n) is 22.0. The summed E-state index contributed by atoms with van der Waals surface area (Å²) in [5.74, 6) is 0.637. The van der Waals surface area contributed by atoms with E-state index in [2.05, 4.69) is 19.8 Å². The van der Waals surface area contributed by atoms with Gasteiger partial charge >= 0.3 is 0 Å². The van der Waals surface area contributed by atoms with Crippen LogP contribution in [0.1, 0.15) is 41.5 Å². The lowest BCUT2D eigenvalue weighted by Crippen LogP contribution is -2.40. The SMILES string of the molecule is CC(=O)c1ccc2c(=O)n(O)c(CN3CCC(Nc4nc5ccccc5n4Cc4ccc(F)cc4)CC3)nc2c1. The fraction of sp³-hybridized carbons (Fsp3) is 0.267. The molecule has 2 N–H and O–H groups in total. The summed E-state index contributed by atoms with van der Waals surface area (Å²) in [6.07, 6.45) is 1.66. The number of fused-ring (bicyclic) bond motifs is 2. The number of nitrogens with zero attached hydrogens (tertiary/aromatic N) is 5. The number of halogens is 1. The molecular formula is C30H29FN6O3. The number of carbonyl (C=O) groups is 1. The Hall–Kier alpha value is -4.57. The number of carbonyl (C=O) groups excluding carboxylic acids is 1. The molecule has 1 aliphatic heterocycles. The van der Waals surface area contributed by atoms with E-state index in [0.717, 1.165) is 48.5 Å². The Kier molecular flexibility index (Phi) is 6.77. The summed E-state index contributed by atoms with van der Waals surface area (Å²) in [5, 5.41) is 14.4. The second-order valence-corrected chi connectivity index (χ2v) is 10.3. The van der Waals surface area contributed by atoms with E-state index in [1.165, 1.54) is 25.1 Å². The van der Waals surface area contributed by atoms with Crippen LogP contribution in [0.2, 0.25) is 0 Å². The number of nitrogens with one attached hydrogen (secondary N) is 1. The van der Waals surface area contributed by atoms with Crippen molar-refractivity contribution < 1.29 is 14.4 Å². The first-order valence-electron chi connectivity index (χ1n) is 13.3. The number of Topliss-reactive ketones (excluding diaryl/α,β-unsaturated/α-hetero) is 1. The fourth-order valence-corrected chi connectivity index (χ4v) is 5.28. The molecule has 5 aromatic rings. The number of benzene rings is 3. The molecule has 3 aromatic carbocycles. The predicted octanol–water partition coefficient (Wildman–Crippen LogP) is 4.45. The number of aromatic nitrogens is 4. The lowest BCUT2D eigenvalue weighted by Gasteiger charge is -2.32. The van der Waals surface area contributed by atoms with Crippen LogP contribution in [-0.2, 0) is 13.1 Å². The van der Waals surface area contributed by atoms with Crippen LogP contribution >= 0.6 is 0 Å². The Balaban J connectivity index is 1.17. The summed E-state index contributed by atoms with van der Waals surface area (Å²) >= 11 is 0. The highest BCUT2D eigenvalue weighted by atomic mass is 19.1. The highest BCUT2D eigenvalue weighted by Crippen LogP contribution is 2.24. The first kappa shape index (κ1) is 25.7. The molecule has 204 valence electrons. The number of imidazole rings is 1. The van der Waals surface area contributed by atoms with E-state index < -0.39 is 5.56 Å². The van der Waals surface area contributed by atoms with E-state index in [9.17, 15) is 19.2 Å². The Morgan fingerprint density at radius 3 is 2.50 bits per heavy atom. The van der Waals surface area contributed by atoms with E-state index in [1.54, 1.807) is 24.3 Å². The molecule has 0 unspecified atom stereocenters. The van der Waals surface area contributed by atoms with Crippen molar-refractivity contribution in [3.63, 3.8) is 0 Å². The summed E-state index contributed by atoms with van der Waals surface area (Å²) in [6, 6.07) is 19.3. The number of piperidine rings is 1. The third kappa shape index (κ3) is 5.05. The molecule has 0 radical (unpaired) electrons. The second-order valence-electron chi connectivity index (χ2n) is 10.3. The molecular weight excluding hydrogens is 511 g/mol. The standard InChI is InChI=1S/C30H29FN6O3/c1-19(38)21-8-11-24-26(16-21)33-28(37(40)29(24)39)18-35-14-12-23(13-15-35)32-30-34-25-4-2-3-5-27(25)36(30)17-20-6-9-22(31)10-7-20/h2-11,16,23,40H,12-15,17-18H2,1H3,(H,32,34). The van der Waals surface area contributed by atoms with Gasteiger partial charge in [-0.15, -0.1) is 4.73 Å². The Bertz CT molecular complexity index is 1770. The molecule has 0 atom stereocenters. The van der Waals surface area contributed by atoms with Gasteiger partial charge in [0.15, 0.2) is 11.6 Å². The van der Waals surface area contributed by atoms with Crippen molar-refractivity contribution in [3.05, 3.63) is 99.9 Å². The molecule has 0 amide bonds. The van der Waals surface area contributed by atoms with E-state index >= 15 is 0 Å². The Morgan fingerprint density at radius 2 is 1.75 bits per heavy atom. The van der Waals surface area contributed by atoms with Gasteiger partial charge in [-0.05, 0) is 61.7 Å². The van der Waals surface area contributed by atoms with Gasteiger partial charge in [-0.25, -0.2) is 14.4 Å². The van der Waals surface area contributed by atoms with Crippen molar-refractivity contribution in [2.75, 3.05) is 18.4 Å². The molecule has 1 aliphatic rings. The van der Waals surface area contributed by atoms with E-state index in [0.29, 0.717) is 28.9 Å². The summed E-state index contributed by atoms with van der Waals surface area (Å²) in [4.78, 5) is 36.0. The number of hydrogen-bond acceptors (Lipinski definition) is 7. The molecule has 40 heavy (non-hydrogen) atoms. The van der Waals surface area contributed by atoms with Crippen LogP contribution in [0.15, 0.2) is 71.5 Å². The van der Waals surface area contributed by atoms with Gasteiger partial charge in [0.25, 0.3) is 5.56 Å². The van der Waals surface area contributed by atoms with Gasteiger partial charge in [-0.1, -0.05) is 30.3 Å². The molecule has 1 fully saturated rings. The van der Waals surface area contributed by atoms with Crippen LogP contribution in [-0.4, -0.2) is 54.3 Å². The number of para-hydroxylation sites is 2. The zero-order chi connectivity index (χ0) is 27.8. The minimum absolute atomic E-state index is 0.112. The van der Waals surface area contributed by atoms with Gasteiger partial charge < -0.3 is 15.1 Å². The highest BCUT2D eigenvalue weighted by Gasteiger charge is 2.23. The van der Waals surface area contributed by atoms with Crippen molar-refractivity contribution >= 4 is 33.7 Å². The monoisotopic (exact) mass is 540 g/mol. The van der Waals surface area contributed by atoms with Gasteiger partial charge in [0.1, 0.15) is 5.82 Å². The summed E-state index contributed by atoms with van der Waals surface area (Å²) in [6.45, 7) is 3.80. The molecule has 9 nitrogen and oxygen atoms in total. The quantitative estimate of drug-likeness (QED) is 0.232. The van der Waals surface area contributed by atoms with Gasteiger partial charge in [-0.3, -0.25) is 14.5 Å². The molecule has 0 aliphatic carbocycles. The highest BCUT2D eigenvalue weighted by molar-refractivity contribution is 5.97. The maximum Gasteiger partial charge on any atom is 0.294 e. The molecule has 0 saturated carbocycles. The molecule has 1 saturated heterocycles. The third-order valence-electron chi connectivity index (χ3n) is 7.52. The number of hydrogen-bond donors (Lipinski definition) is 2. The van der Waals surface area contributed by atoms with E-state index in [4.69, 9.17) is 4.98 Å². The van der Waals surface area contributed by atoms with Crippen molar-refractivity contribution in [2.24, 2.45) is 0 Å².